The molecule has 7 heteroatoms. The summed E-state index contributed by atoms with van der Waals surface area (Å²) in [5, 5.41) is 11.1. The van der Waals surface area contributed by atoms with Crippen LogP contribution in [0.4, 0.5) is 0 Å². The summed E-state index contributed by atoms with van der Waals surface area (Å²) in [5.74, 6) is -2.60. The van der Waals surface area contributed by atoms with E-state index in [9.17, 15) is 19.5 Å². The van der Waals surface area contributed by atoms with Crippen LogP contribution in [-0.4, -0.2) is 47.4 Å². The second-order valence-corrected chi connectivity index (χ2v) is 7.77. The third kappa shape index (κ3) is 5.15. The molecule has 1 N–H and O–H groups in total. The van der Waals surface area contributed by atoms with Gasteiger partial charge in [-0.15, -0.1) is 0 Å². The number of carbonyl (C=O) groups excluding carboxylic acids is 3. The summed E-state index contributed by atoms with van der Waals surface area (Å²) >= 11 is 0. The highest BCUT2D eigenvalue weighted by atomic mass is 16.6. The van der Waals surface area contributed by atoms with Gasteiger partial charge >= 0.3 is 17.9 Å². The monoisotopic (exact) mass is 406 g/mol. The van der Waals surface area contributed by atoms with E-state index in [0.717, 1.165) is 0 Å². The van der Waals surface area contributed by atoms with Crippen LogP contribution in [0.2, 0.25) is 0 Å². The molecule has 0 radical (unpaired) electrons. The SMILES string of the molecule is C=C1C(=O)OC2C=C(C)C(OC(C)=O)CC=C(C)C(OC(=O)C(C)CC)C(O)C12. The summed E-state index contributed by atoms with van der Waals surface area (Å²) in [6.45, 7) is 12.2. The van der Waals surface area contributed by atoms with Crippen molar-refractivity contribution >= 4 is 17.9 Å². The van der Waals surface area contributed by atoms with Crippen molar-refractivity contribution in [3.8, 4) is 0 Å². The second kappa shape index (κ2) is 9.39. The van der Waals surface area contributed by atoms with E-state index in [-0.39, 0.29) is 11.5 Å². The smallest absolute Gasteiger partial charge is 0.334 e. The second-order valence-electron chi connectivity index (χ2n) is 7.77. The molecular formula is C22H30O7. The van der Waals surface area contributed by atoms with Gasteiger partial charge in [0.1, 0.15) is 24.4 Å². The molecule has 160 valence electrons. The number of aliphatic hydroxyl groups is 1. The van der Waals surface area contributed by atoms with E-state index in [1.807, 2.05) is 6.92 Å². The molecule has 29 heavy (non-hydrogen) atoms. The minimum Gasteiger partial charge on any atom is -0.458 e. The fourth-order valence-corrected chi connectivity index (χ4v) is 3.48. The molecule has 0 saturated carbocycles. The van der Waals surface area contributed by atoms with Crippen molar-refractivity contribution in [3.05, 3.63) is 35.5 Å². The Labute approximate surface area is 171 Å². The zero-order chi connectivity index (χ0) is 21.9. The minimum atomic E-state index is -1.21. The molecule has 6 unspecified atom stereocenters. The van der Waals surface area contributed by atoms with Gasteiger partial charge in [-0.1, -0.05) is 26.5 Å². The van der Waals surface area contributed by atoms with E-state index in [1.54, 1.807) is 32.9 Å². The largest absolute Gasteiger partial charge is 0.458 e. The molecule has 0 aromatic carbocycles. The van der Waals surface area contributed by atoms with Crippen LogP contribution in [-0.2, 0) is 28.6 Å². The Bertz CT molecular complexity index is 748. The van der Waals surface area contributed by atoms with E-state index in [2.05, 4.69) is 6.58 Å². The normalized spacial score (nSPS) is 31.0. The quantitative estimate of drug-likeness (QED) is 0.332. The van der Waals surface area contributed by atoms with Gasteiger partial charge < -0.3 is 19.3 Å². The van der Waals surface area contributed by atoms with Crippen molar-refractivity contribution in [2.45, 2.75) is 71.9 Å². The summed E-state index contributed by atoms with van der Waals surface area (Å²) < 4.78 is 16.4. The number of hydrogen-bond acceptors (Lipinski definition) is 7. The standard InChI is InChI=1S/C22H30O7/c1-7-11(2)21(25)29-20-12(3)8-9-16(27-15(6)23)13(4)10-17-18(19(20)24)14(5)22(26)28-17/h8,10-11,16-20,24H,5,7,9H2,1-4,6H3. The lowest BCUT2D eigenvalue weighted by molar-refractivity contribution is -0.159. The highest BCUT2D eigenvalue weighted by Crippen LogP contribution is 2.36. The maximum absolute atomic E-state index is 12.4. The van der Waals surface area contributed by atoms with Crippen molar-refractivity contribution in [3.63, 3.8) is 0 Å². The number of aliphatic hydroxyl groups excluding tert-OH is 1. The molecule has 2 rings (SSSR count). The first-order valence-corrected chi connectivity index (χ1v) is 9.87. The molecule has 0 spiro atoms. The molecule has 1 aliphatic heterocycles. The highest BCUT2D eigenvalue weighted by Gasteiger charge is 2.46. The van der Waals surface area contributed by atoms with Gasteiger partial charge in [0.25, 0.3) is 0 Å². The highest BCUT2D eigenvalue weighted by molar-refractivity contribution is 5.91. The van der Waals surface area contributed by atoms with Crippen molar-refractivity contribution in [2.75, 3.05) is 0 Å². The number of hydrogen-bond donors (Lipinski definition) is 1. The van der Waals surface area contributed by atoms with Crippen LogP contribution in [0.3, 0.4) is 0 Å². The third-order valence-electron chi connectivity index (χ3n) is 5.54. The van der Waals surface area contributed by atoms with Crippen molar-refractivity contribution in [2.24, 2.45) is 11.8 Å². The van der Waals surface area contributed by atoms with Gasteiger partial charge in [-0.25, -0.2) is 4.79 Å². The van der Waals surface area contributed by atoms with Crippen LogP contribution in [0, 0.1) is 11.8 Å². The average molecular weight is 406 g/mol. The van der Waals surface area contributed by atoms with Crippen LogP contribution in [0.15, 0.2) is 35.5 Å². The molecule has 1 aliphatic carbocycles. The lowest BCUT2D eigenvalue weighted by Gasteiger charge is -2.31. The lowest BCUT2D eigenvalue weighted by Crippen LogP contribution is -2.42. The van der Waals surface area contributed by atoms with Crippen molar-refractivity contribution in [1.82, 2.24) is 0 Å². The van der Waals surface area contributed by atoms with Crippen LogP contribution in [0.5, 0.6) is 0 Å². The Kier molecular flexibility index (Phi) is 7.41. The predicted molar refractivity (Wildman–Crippen MR) is 106 cm³/mol. The first kappa shape index (κ1) is 22.9. The van der Waals surface area contributed by atoms with E-state index < -0.39 is 48.2 Å². The molecule has 1 heterocycles. The molecule has 0 aromatic heterocycles. The summed E-state index contributed by atoms with van der Waals surface area (Å²) in [7, 11) is 0. The predicted octanol–water partition coefficient (Wildman–Crippen LogP) is 2.63. The Hall–Kier alpha value is -2.41. The zero-order valence-corrected chi connectivity index (χ0v) is 17.6. The maximum Gasteiger partial charge on any atom is 0.334 e. The fraction of sp³-hybridized carbons (Fsp3) is 0.591. The first-order chi connectivity index (χ1) is 13.6. The Morgan fingerprint density at radius 2 is 1.97 bits per heavy atom. The molecular weight excluding hydrogens is 376 g/mol. The van der Waals surface area contributed by atoms with Crippen molar-refractivity contribution in [1.29, 1.82) is 0 Å². The molecule has 0 amide bonds. The summed E-state index contributed by atoms with van der Waals surface area (Å²) in [6, 6.07) is 0. The fourth-order valence-electron chi connectivity index (χ4n) is 3.48. The first-order valence-electron chi connectivity index (χ1n) is 9.87. The van der Waals surface area contributed by atoms with Gasteiger partial charge in [-0.3, -0.25) is 9.59 Å². The van der Waals surface area contributed by atoms with Gasteiger partial charge in [-0.05, 0) is 37.5 Å². The molecule has 0 bridgehead atoms. The van der Waals surface area contributed by atoms with E-state index in [4.69, 9.17) is 14.2 Å². The Balaban J connectivity index is 2.47. The molecule has 1 fully saturated rings. The lowest BCUT2D eigenvalue weighted by atomic mass is 9.83. The Morgan fingerprint density at radius 3 is 2.55 bits per heavy atom. The van der Waals surface area contributed by atoms with Gasteiger partial charge in [0.15, 0.2) is 0 Å². The average Bonchev–Trinajstić information content (AvgIpc) is 2.93. The zero-order valence-electron chi connectivity index (χ0n) is 17.6. The van der Waals surface area contributed by atoms with E-state index in [1.165, 1.54) is 6.92 Å². The van der Waals surface area contributed by atoms with Crippen LogP contribution in [0.25, 0.3) is 0 Å². The summed E-state index contributed by atoms with van der Waals surface area (Å²) in [5.41, 5.74) is 1.42. The minimum absolute atomic E-state index is 0.119. The van der Waals surface area contributed by atoms with Crippen LogP contribution < -0.4 is 0 Å². The van der Waals surface area contributed by atoms with Gasteiger partial charge in [0.2, 0.25) is 0 Å². The summed E-state index contributed by atoms with van der Waals surface area (Å²) in [6.07, 6.45) is 0.849. The van der Waals surface area contributed by atoms with Gasteiger partial charge in [0, 0.05) is 18.9 Å². The molecule has 6 atom stereocenters. The number of carbonyl (C=O) groups is 3. The van der Waals surface area contributed by atoms with Crippen molar-refractivity contribution < 1.29 is 33.7 Å². The van der Waals surface area contributed by atoms with E-state index in [0.29, 0.717) is 24.0 Å². The molecule has 7 nitrogen and oxygen atoms in total. The number of rotatable bonds is 4. The van der Waals surface area contributed by atoms with E-state index >= 15 is 0 Å². The third-order valence-corrected chi connectivity index (χ3v) is 5.54. The number of ether oxygens (including phenoxy) is 3. The molecule has 1 saturated heterocycles. The van der Waals surface area contributed by atoms with Gasteiger partial charge in [0.05, 0.1) is 11.8 Å². The topological polar surface area (TPSA) is 99.1 Å². The van der Waals surface area contributed by atoms with Crippen LogP contribution in [0.1, 0.15) is 47.5 Å². The Morgan fingerprint density at radius 1 is 1.31 bits per heavy atom. The number of esters is 3. The maximum atomic E-state index is 12.4. The van der Waals surface area contributed by atoms with Gasteiger partial charge in [-0.2, -0.15) is 0 Å². The van der Waals surface area contributed by atoms with Crippen LogP contribution >= 0.6 is 0 Å². The molecule has 2 aliphatic rings. The number of fused-ring (bicyclic) bond motifs is 1. The summed E-state index contributed by atoms with van der Waals surface area (Å²) in [4.78, 5) is 36.1. The molecule has 0 aromatic rings.